The number of carbonyl (C=O) groups is 1. The van der Waals surface area contributed by atoms with E-state index in [9.17, 15) is 4.79 Å². The van der Waals surface area contributed by atoms with Gasteiger partial charge in [-0.25, -0.2) is 0 Å². The molecule has 1 aromatic rings. The van der Waals surface area contributed by atoms with Gasteiger partial charge in [-0.3, -0.25) is 4.79 Å². The first-order valence-corrected chi connectivity index (χ1v) is 7.83. The maximum absolute atomic E-state index is 12.1. The Morgan fingerprint density at radius 1 is 1.33 bits per heavy atom. The van der Waals surface area contributed by atoms with Gasteiger partial charge in [-0.05, 0) is 51.4 Å². The highest BCUT2D eigenvalue weighted by Gasteiger charge is 2.21. The molecule has 1 unspecified atom stereocenters. The van der Waals surface area contributed by atoms with Crippen molar-refractivity contribution in [3.05, 3.63) is 29.8 Å². The van der Waals surface area contributed by atoms with Crippen molar-refractivity contribution in [2.75, 3.05) is 31.1 Å². The van der Waals surface area contributed by atoms with Gasteiger partial charge in [0.15, 0.2) is 0 Å². The smallest absolute Gasteiger partial charge is 0.324 e. The number of likely N-dealkylation sites (N-methyl/N-ethyl adjacent to an activating group) is 1. The number of esters is 1. The molecule has 0 spiro atoms. The molecule has 0 aliphatic carbocycles. The van der Waals surface area contributed by atoms with Crippen molar-refractivity contribution >= 4 is 11.7 Å². The number of nitrogens with zero attached hydrogens (tertiary/aromatic N) is 1. The summed E-state index contributed by atoms with van der Waals surface area (Å²) in [5.74, 6) is -0.169. The fourth-order valence-corrected chi connectivity index (χ4v) is 2.25. The second kappa shape index (κ2) is 9.40. The van der Waals surface area contributed by atoms with E-state index in [1.165, 1.54) is 5.56 Å². The topological polar surface area (TPSA) is 41.6 Å². The van der Waals surface area contributed by atoms with Crippen LogP contribution in [-0.4, -0.2) is 38.3 Å². The van der Waals surface area contributed by atoms with Crippen molar-refractivity contribution < 1.29 is 9.53 Å². The van der Waals surface area contributed by atoms with Crippen LogP contribution in [0.5, 0.6) is 0 Å². The third-order valence-electron chi connectivity index (χ3n) is 3.36. The molecule has 0 aliphatic rings. The molecule has 0 saturated heterocycles. The van der Waals surface area contributed by atoms with Crippen LogP contribution in [0, 0.1) is 6.92 Å². The van der Waals surface area contributed by atoms with Crippen LogP contribution in [0.15, 0.2) is 24.3 Å². The van der Waals surface area contributed by atoms with E-state index < -0.39 is 0 Å². The minimum atomic E-state index is -0.287. The van der Waals surface area contributed by atoms with Gasteiger partial charge in [0.2, 0.25) is 0 Å². The normalized spacial score (nSPS) is 12.0. The predicted molar refractivity (Wildman–Crippen MR) is 87.8 cm³/mol. The SMILES string of the molecule is CCCNC(CN(CC)c1cccc(C)c1)C(=O)OCC. The highest BCUT2D eigenvalue weighted by Crippen LogP contribution is 2.16. The van der Waals surface area contributed by atoms with Crippen LogP contribution in [0.2, 0.25) is 0 Å². The quantitative estimate of drug-likeness (QED) is 0.711. The number of hydrogen-bond donors (Lipinski definition) is 1. The molecular weight excluding hydrogens is 264 g/mol. The molecule has 0 amide bonds. The lowest BCUT2D eigenvalue weighted by molar-refractivity contribution is -0.145. The van der Waals surface area contributed by atoms with Crippen LogP contribution >= 0.6 is 0 Å². The average Bonchev–Trinajstić information content (AvgIpc) is 2.47. The van der Waals surface area contributed by atoms with Crippen LogP contribution in [0.1, 0.15) is 32.8 Å². The number of nitrogens with one attached hydrogen (secondary N) is 1. The van der Waals surface area contributed by atoms with Gasteiger partial charge in [0.25, 0.3) is 0 Å². The summed E-state index contributed by atoms with van der Waals surface area (Å²) >= 11 is 0. The summed E-state index contributed by atoms with van der Waals surface area (Å²) in [5.41, 5.74) is 2.37. The Labute approximate surface area is 128 Å². The summed E-state index contributed by atoms with van der Waals surface area (Å²) in [5, 5.41) is 3.29. The molecule has 0 heterocycles. The van der Waals surface area contributed by atoms with Gasteiger partial charge in [-0.15, -0.1) is 0 Å². The lowest BCUT2D eigenvalue weighted by Gasteiger charge is -2.28. The van der Waals surface area contributed by atoms with Gasteiger partial charge in [-0.1, -0.05) is 19.1 Å². The molecule has 0 aliphatic heterocycles. The summed E-state index contributed by atoms with van der Waals surface area (Å²) in [6.07, 6.45) is 0.993. The van der Waals surface area contributed by atoms with Crippen molar-refractivity contribution in [2.24, 2.45) is 0 Å². The first-order valence-electron chi connectivity index (χ1n) is 7.83. The molecule has 4 nitrogen and oxygen atoms in total. The van der Waals surface area contributed by atoms with Crippen LogP contribution in [0.3, 0.4) is 0 Å². The number of hydrogen-bond acceptors (Lipinski definition) is 4. The molecular formula is C17H28N2O2. The molecule has 1 atom stereocenters. The summed E-state index contributed by atoms with van der Waals surface area (Å²) in [6, 6.07) is 8.07. The Kier molecular flexibility index (Phi) is 7.83. The van der Waals surface area contributed by atoms with Gasteiger partial charge in [-0.2, -0.15) is 0 Å². The molecule has 0 fully saturated rings. The van der Waals surface area contributed by atoms with E-state index in [0.29, 0.717) is 13.2 Å². The maximum atomic E-state index is 12.1. The highest BCUT2D eigenvalue weighted by molar-refractivity contribution is 5.76. The van der Waals surface area contributed by atoms with Crippen LogP contribution in [0.25, 0.3) is 0 Å². The molecule has 4 heteroatoms. The third-order valence-corrected chi connectivity index (χ3v) is 3.36. The minimum absolute atomic E-state index is 0.169. The number of carbonyl (C=O) groups excluding carboxylic acids is 1. The molecule has 21 heavy (non-hydrogen) atoms. The van der Waals surface area contributed by atoms with Crippen LogP contribution in [-0.2, 0) is 9.53 Å². The zero-order valence-electron chi connectivity index (χ0n) is 13.7. The fourth-order valence-electron chi connectivity index (χ4n) is 2.25. The minimum Gasteiger partial charge on any atom is -0.465 e. The highest BCUT2D eigenvalue weighted by atomic mass is 16.5. The predicted octanol–water partition coefficient (Wildman–Crippen LogP) is 2.75. The first kappa shape index (κ1) is 17.5. The molecule has 1 rings (SSSR count). The van der Waals surface area contributed by atoms with Gasteiger partial charge in [0.05, 0.1) is 6.61 Å². The number of aryl methyl sites for hydroxylation is 1. The van der Waals surface area contributed by atoms with Crippen molar-refractivity contribution in [3.63, 3.8) is 0 Å². The molecule has 1 aromatic carbocycles. The summed E-state index contributed by atoms with van der Waals surface area (Å²) in [7, 11) is 0. The lowest BCUT2D eigenvalue weighted by Crippen LogP contribution is -2.47. The van der Waals surface area contributed by atoms with E-state index in [-0.39, 0.29) is 12.0 Å². The molecule has 118 valence electrons. The second-order valence-electron chi connectivity index (χ2n) is 5.14. The summed E-state index contributed by atoms with van der Waals surface area (Å²) in [4.78, 5) is 14.3. The molecule has 0 saturated carbocycles. The fraction of sp³-hybridized carbons (Fsp3) is 0.588. The largest absolute Gasteiger partial charge is 0.465 e. The summed E-state index contributed by atoms with van der Waals surface area (Å²) in [6.45, 7) is 10.8. The number of anilines is 1. The average molecular weight is 292 g/mol. The van der Waals surface area contributed by atoms with Crippen molar-refractivity contribution in [2.45, 2.75) is 40.2 Å². The van der Waals surface area contributed by atoms with Gasteiger partial charge < -0.3 is 15.0 Å². The van der Waals surface area contributed by atoms with Crippen molar-refractivity contribution in [3.8, 4) is 0 Å². The maximum Gasteiger partial charge on any atom is 0.324 e. The van der Waals surface area contributed by atoms with Gasteiger partial charge in [0, 0.05) is 18.8 Å². The zero-order chi connectivity index (χ0) is 15.7. The van der Waals surface area contributed by atoms with Crippen molar-refractivity contribution in [1.29, 1.82) is 0 Å². The number of ether oxygens (including phenoxy) is 1. The third kappa shape index (κ3) is 5.76. The standard InChI is InChI=1S/C17H28N2O2/c1-5-11-18-16(17(20)21-7-3)13-19(6-2)15-10-8-9-14(4)12-15/h8-10,12,16,18H,5-7,11,13H2,1-4H3. The molecule has 0 bridgehead atoms. The molecule has 0 radical (unpaired) electrons. The zero-order valence-corrected chi connectivity index (χ0v) is 13.7. The Morgan fingerprint density at radius 2 is 2.10 bits per heavy atom. The summed E-state index contributed by atoms with van der Waals surface area (Å²) < 4.78 is 5.18. The van der Waals surface area contributed by atoms with Gasteiger partial charge >= 0.3 is 5.97 Å². The Morgan fingerprint density at radius 3 is 2.67 bits per heavy atom. The van der Waals surface area contributed by atoms with E-state index in [0.717, 1.165) is 25.2 Å². The van der Waals surface area contributed by atoms with Crippen LogP contribution in [0.4, 0.5) is 5.69 Å². The first-order chi connectivity index (χ1) is 10.1. The van der Waals surface area contributed by atoms with Crippen molar-refractivity contribution in [1.82, 2.24) is 5.32 Å². The van der Waals surface area contributed by atoms with E-state index in [4.69, 9.17) is 4.74 Å². The Hall–Kier alpha value is -1.55. The second-order valence-corrected chi connectivity index (χ2v) is 5.14. The lowest BCUT2D eigenvalue weighted by atomic mass is 10.2. The molecule has 0 aromatic heterocycles. The van der Waals surface area contributed by atoms with E-state index >= 15 is 0 Å². The Balaban J connectivity index is 2.80. The number of benzene rings is 1. The monoisotopic (exact) mass is 292 g/mol. The van der Waals surface area contributed by atoms with Crippen LogP contribution < -0.4 is 10.2 Å². The Bertz CT molecular complexity index is 435. The molecule has 1 N–H and O–H groups in total. The van der Waals surface area contributed by atoms with E-state index in [1.54, 1.807) is 0 Å². The number of rotatable bonds is 9. The van der Waals surface area contributed by atoms with Gasteiger partial charge in [0.1, 0.15) is 6.04 Å². The van der Waals surface area contributed by atoms with E-state index in [2.05, 4.69) is 49.2 Å². The van der Waals surface area contributed by atoms with E-state index in [1.807, 2.05) is 13.0 Å².